The van der Waals surface area contributed by atoms with E-state index in [1.165, 1.54) is 6.07 Å². The van der Waals surface area contributed by atoms with Crippen molar-refractivity contribution in [2.24, 2.45) is 0 Å². The molecule has 1 aliphatic rings. The third kappa shape index (κ3) is 2.37. The minimum absolute atomic E-state index is 0.144. The molecule has 4 nitrogen and oxygen atoms in total. The first kappa shape index (κ1) is 12.2. The largest absolute Gasteiger partial charge is 0.334 e. The Morgan fingerprint density at radius 1 is 1.29 bits per heavy atom. The molecule has 2 rings (SSSR count). The van der Waals surface area contributed by atoms with Crippen LogP contribution < -0.4 is 10.2 Å². The lowest BCUT2D eigenvalue weighted by Gasteiger charge is -2.29. The smallest absolute Gasteiger partial charge is 0.328 e. The minimum Gasteiger partial charge on any atom is -0.334 e. The highest BCUT2D eigenvalue weighted by Crippen LogP contribution is 2.28. The van der Waals surface area contributed by atoms with Crippen LogP contribution in [0.25, 0.3) is 0 Å². The van der Waals surface area contributed by atoms with Gasteiger partial charge in [0.25, 0.3) is 0 Å². The van der Waals surface area contributed by atoms with Crippen LogP contribution in [0.4, 0.5) is 10.5 Å². The number of carbonyl (C=O) groups is 2. The maximum atomic E-state index is 11.8. The molecule has 6 heteroatoms. The van der Waals surface area contributed by atoms with Crippen molar-refractivity contribution in [3.8, 4) is 0 Å². The number of anilines is 1. The molecule has 90 valence electrons. The zero-order valence-corrected chi connectivity index (χ0v) is 10.5. The van der Waals surface area contributed by atoms with Gasteiger partial charge in [-0.3, -0.25) is 4.79 Å². The predicted octanol–water partition coefficient (Wildman–Crippen LogP) is 2.83. The van der Waals surface area contributed by atoms with Crippen LogP contribution in [0.5, 0.6) is 0 Å². The normalized spacial score (nSPS) is 20.4. The fraction of sp³-hybridized carbons (Fsp3) is 0.273. The first-order valence-electron chi connectivity index (χ1n) is 5.07. The van der Waals surface area contributed by atoms with Crippen LogP contribution in [0.15, 0.2) is 18.2 Å². The topological polar surface area (TPSA) is 49.4 Å². The fourth-order valence-corrected chi connectivity index (χ4v) is 1.97. The molecule has 1 fully saturated rings. The highest BCUT2D eigenvalue weighted by molar-refractivity contribution is 6.42. The molecule has 3 amide bonds. The Kier molecular flexibility index (Phi) is 3.26. The highest BCUT2D eigenvalue weighted by atomic mass is 35.5. The molecule has 1 aromatic rings. The van der Waals surface area contributed by atoms with Gasteiger partial charge >= 0.3 is 6.03 Å². The molecular weight excluding hydrogens is 263 g/mol. The van der Waals surface area contributed by atoms with Crippen molar-refractivity contribution in [3.05, 3.63) is 28.2 Å². The number of benzene rings is 1. The number of carbonyl (C=O) groups excluding carboxylic acids is 2. The van der Waals surface area contributed by atoms with Crippen LogP contribution in [-0.2, 0) is 4.79 Å². The van der Waals surface area contributed by atoms with Gasteiger partial charge in [0.05, 0.1) is 15.7 Å². The Labute approximate surface area is 108 Å². The Bertz CT molecular complexity index is 472. The third-order valence-electron chi connectivity index (χ3n) is 2.46. The van der Waals surface area contributed by atoms with Crippen molar-refractivity contribution in [2.75, 3.05) is 4.90 Å². The molecule has 1 heterocycles. The summed E-state index contributed by atoms with van der Waals surface area (Å²) in [5, 5.41) is 3.37. The number of hydrogen-bond donors (Lipinski definition) is 1. The molecule has 0 spiro atoms. The molecule has 0 saturated carbocycles. The first-order chi connectivity index (χ1) is 7.99. The molecular formula is C11H10Cl2N2O2. The third-order valence-corrected chi connectivity index (χ3v) is 3.20. The van der Waals surface area contributed by atoms with E-state index in [9.17, 15) is 9.59 Å². The van der Waals surface area contributed by atoms with E-state index >= 15 is 0 Å². The molecule has 1 aromatic carbocycles. The van der Waals surface area contributed by atoms with Crippen molar-refractivity contribution < 1.29 is 9.59 Å². The highest BCUT2D eigenvalue weighted by Gasteiger charge is 2.31. The van der Waals surface area contributed by atoms with Crippen molar-refractivity contribution in [1.29, 1.82) is 0 Å². The Hall–Kier alpha value is -1.26. The second-order valence-electron chi connectivity index (χ2n) is 3.88. The summed E-state index contributed by atoms with van der Waals surface area (Å²) >= 11 is 11.6. The second-order valence-corrected chi connectivity index (χ2v) is 4.70. The molecule has 1 aliphatic heterocycles. The average Bonchev–Trinajstić information content (AvgIpc) is 2.21. The Morgan fingerprint density at radius 3 is 2.59 bits per heavy atom. The summed E-state index contributed by atoms with van der Waals surface area (Å²) < 4.78 is 0. The van der Waals surface area contributed by atoms with Gasteiger partial charge in [-0.15, -0.1) is 0 Å². The van der Waals surface area contributed by atoms with E-state index in [1.54, 1.807) is 19.1 Å². The SMILES string of the molecule is CC1CC(=O)N(c2ccc(Cl)c(Cl)c2)C(=O)N1. The number of halogens is 2. The number of nitrogens with zero attached hydrogens (tertiary/aromatic N) is 1. The molecule has 0 aromatic heterocycles. The van der Waals surface area contributed by atoms with E-state index in [1.807, 2.05) is 0 Å². The van der Waals surface area contributed by atoms with Crippen LogP contribution in [0.2, 0.25) is 10.0 Å². The predicted molar refractivity (Wildman–Crippen MR) is 66.6 cm³/mol. The second kappa shape index (κ2) is 4.55. The van der Waals surface area contributed by atoms with Gasteiger partial charge in [0, 0.05) is 12.5 Å². The van der Waals surface area contributed by atoms with Gasteiger partial charge in [0.1, 0.15) is 0 Å². The number of rotatable bonds is 1. The zero-order chi connectivity index (χ0) is 12.6. The van der Waals surface area contributed by atoms with Gasteiger partial charge in [-0.25, -0.2) is 9.69 Å². The lowest BCUT2D eigenvalue weighted by Crippen LogP contribution is -2.54. The van der Waals surface area contributed by atoms with E-state index < -0.39 is 6.03 Å². The summed E-state index contributed by atoms with van der Waals surface area (Å²) in [5.74, 6) is -0.250. The molecule has 1 N–H and O–H groups in total. The summed E-state index contributed by atoms with van der Waals surface area (Å²) in [7, 11) is 0. The van der Waals surface area contributed by atoms with Crippen LogP contribution >= 0.6 is 23.2 Å². The zero-order valence-electron chi connectivity index (χ0n) is 9.04. The maximum absolute atomic E-state index is 11.8. The molecule has 1 unspecified atom stereocenters. The van der Waals surface area contributed by atoms with E-state index in [-0.39, 0.29) is 18.4 Å². The standard InChI is InChI=1S/C11H10Cl2N2O2/c1-6-4-10(16)15(11(17)14-6)7-2-3-8(12)9(13)5-7/h2-3,5-6H,4H2,1H3,(H,14,17). The first-order valence-corrected chi connectivity index (χ1v) is 5.83. The van der Waals surface area contributed by atoms with Crippen molar-refractivity contribution in [1.82, 2.24) is 5.32 Å². The van der Waals surface area contributed by atoms with Crippen LogP contribution in [0, 0.1) is 0 Å². The molecule has 0 aliphatic carbocycles. The number of hydrogen-bond acceptors (Lipinski definition) is 2. The van der Waals surface area contributed by atoms with E-state index in [0.29, 0.717) is 15.7 Å². The minimum atomic E-state index is -0.438. The number of nitrogens with one attached hydrogen (secondary N) is 1. The fourth-order valence-electron chi connectivity index (χ4n) is 1.68. The van der Waals surface area contributed by atoms with Gasteiger partial charge in [0.15, 0.2) is 0 Å². The van der Waals surface area contributed by atoms with Crippen molar-refractivity contribution in [2.45, 2.75) is 19.4 Å². The lowest BCUT2D eigenvalue weighted by atomic mass is 10.1. The summed E-state index contributed by atoms with van der Waals surface area (Å²) in [6, 6.07) is 4.05. The molecule has 1 atom stereocenters. The quantitative estimate of drug-likeness (QED) is 0.855. The van der Waals surface area contributed by atoms with Crippen molar-refractivity contribution >= 4 is 40.8 Å². The summed E-state index contributed by atoms with van der Waals surface area (Å²) in [5.41, 5.74) is 0.425. The van der Waals surface area contributed by atoms with Crippen LogP contribution in [0.3, 0.4) is 0 Å². The monoisotopic (exact) mass is 272 g/mol. The number of imide groups is 1. The summed E-state index contributed by atoms with van der Waals surface area (Å²) in [4.78, 5) is 24.6. The van der Waals surface area contributed by atoms with Gasteiger partial charge in [-0.1, -0.05) is 23.2 Å². The van der Waals surface area contributed by atoms with E-state index in [0.717, 1.165) is 4.90 Å². The summed E-state index contributed by atoms with van der Waals surface area (Å²) in [6.07, 6.45) is 0.270. The van der Waals surface area contributed by atoms with Crippen LogP contribution in [0.1, 0.15) is 13.3 Å². The van der Waals surface area contributed by atoms with Gasteiger partial charge in [-0.05, 0) is 25.1 Å². The Morgan fingerprint density at radius 2 is 2.00 bits per heavy atom. The van der Waals surface area contributed by atoms with E-state index in [2.05, 4.69) is 5.32 Å². The lowest BCUT2D eigenvalue weighted by molar-refractivity contribution is -0.118. The number of urea groups is 1. The van der Waals surface area contributed by atoms with Gasteiger partial charge in [-0.2, -0.15) is 0 Å². The molecule has 0 radical (unpaired) electrons. The van der Waals surface area contributed by atoms with Gasteiger partial charge < -0.3 is 5.32 Å². The maximum Gasteiger partial charge on any atom is 0.328 e. The average molecular weight is 273 g/mol. The molecule has 1 saturated heterocycles. The number of amides is 3. The summed E-state index contributed by atoms with van der Waals surface area (Å²) in [6.45, 7) is 1.78. The van der Waals surface area contributed by atoms with Crippen LogP contribution in [-0.4, -0.2) is 18.0 Å². The Balaban J connectivity index is 2.35. The van der Waals surface area contributed by atoms with E-state index in [4.69, 9.17) is 23.2 Å². The molecule has 17 heavy (non-hydrogen) atoms. The van der Waals surface area contributed by atoms with Gasteiger partial charge in [0.2, 0.25) is 5.91 Å². The molecule has 0 bridgehead atoms. The van der Waals surface area contributed by atoms with Crippen molar-refractivity contribution in [3.63, 3.8) is 0 Å².